The highest BCUT2D eigenvalue weighted by Crippen LogP contribution is 2.05. The second-order valence-electron chi connectivity index (χ2n) is 7.10. The Morgan fingerprint density at radius 2 is 1.96 bits per heavy atom. The van der Waals surface area contributed by atoms with Gasteiger partial charge in [0.15, 0.2) is 0 Å². The van der Waals surface area contributed by atoms with Crippen molar-refractivity contribution < 1.29 is 14.3 Å². The molecule has 0 spiro atoms. The minimum atomic E-state index is -0.166. The predicted octanol–water partition coefficient (Wildman–Crippen LogP) is 1.26. The zero-order valence-electron chi connectivity index (χ0n) is 17.2. The molecule has 0 bridgehead atoms. The summed E-state index contributed by atoms with van der Waals surface area (Å²) in [5.41, 5.74) is 1.10. The molecule has 28 heavy (non-hydrogen) atoms. The average molecular weight is 392 g/mol. The Labute approximate surface area is 167 Å². The monoisotopic (exact) mass is 391 g/mol. The number of amides is 2. The lowest BCUT2D eigenvalue weighted by Crippen LogP contribution is -2.39. The lowest BCUT2D eigenvalue weighted by atomic mass is 10.2. The summed E-state index contributed by atoms with van der Waals surface area (Å²) < 4.78 is 5.33. The number of carbonyl (C=O) groups is 2. The van der Waals surface area contributed by atoms with E-state index in [1.54, 1.807) is 11.1 Å². The molecule has 2 amide bonds. The third-order valence-electron chi connectivity index (χ3n) is 4.75. The molecule has 1 aliphatic heterocycles. The smallest absolute Gasteiger partial charge is 0.274 e. The molecular formula is C20H33N5O3. The standard InChI is InChI=1S/C20H33N5O3/c1-3-4-9-25(20(27)18-16-22-17(2)15-23-18)10-6-19(26)21-7-5-8-24-11-13-28-14-12-24/h15-16H,3-14H2,1-2H3,(H,21,26). The van der Waals surface area contributed by atoms with Gasteiger partial charge in [-0.1, -0.05) is 13.3 Å². The summed E-state index contributed by atoms with van der Waals surface area (Å²) in [7, 11) is 0. The average Bonchev–Trinajstić information content (AvgIpc) is 2.72. The highest BCUT2D eigenvalue weighted by Gasteiger charge is 2.18. The maximum atomic E-state index is 12.7. The van der Waals surface area contributed by atoms with E-state index in [0.717, 1.165) is 57.8 Å². The molecule has 156 valence electrons. The lowest BCUT2D eigenvalue weighted by Gasteiger charge is -2.26. The number of hydrogen-bond acceptors (Lipinski definition) is 6. The van der Waals surface area contributed by atoms with E-state index in [4.69, 9.17) is 4.74 Å². The van der Waals surface area contributed by atoms with Gasteiger partial charge in [0, 0.05) is 45.3 Å². The van der Waals surface area contributed by atoms with Gasteiger partial charge in [-0.15, -0.1) is 0 Å². The number of nitrogens with one attached hydrogen (secondary N) is 1. The van der Waals surface area contributed by atoms with Crippen molar-refractivity contribution in [2.75, 3.05) is 52.5 Å². The minimum absolute atomic E-state index is 0.0220. The van der Waals surface area contributed by atoms with Crippen molar-refractivity contribution in [3.8, 4) is 0 Å². The van der Waals surface area contributed by atoms with Gasteiger partial charge in [0.2, 0.25) is 5.91 Å². The van der Waals surface area contributed by atoms with Gasteiger partial charge in [-0.25, -0.2) is 4.98 Å². The van der Waals surface area contributed by atoms with Crippen LogP contribution in [0.25, 0.3) is 0 Å². The van der Waals surface area contributed by atoms with Gasteiger partial charge in [-0.3, -0.25) is 19.5 Å². The molecule has 0 aliphatic carbocycles. The maximum Gasteiger partial charge on any atom is 0.274 e. The van der Waals surface area contributed by atoms with E-state index >= 15 is 0 Å². The summed E-state index contributed by atoms with van der Waals surface area (Å²) in [4.78, 5) is 37.2. The number of aromatic nitrogens is 2. The number of morpholine rings is 1. The van der Waals surface area contributed by atoms with Crippen LogP contribution in [0.2, 0.25) is 0 Å². The molecule has 0 unspecified atom stereocenters. The fourth-order valence-electron chi connectivity index (χ4n) is 3.01. The van der Waals surface area contributed by atoms with Crippen LogP contribution in [0, 0.1) is 6.92 Å². The number of nitrogens with zero attached hydrogens (tertiary/aromatic N) is 4. The summed E-state index contributed by atoms with van der Waals surface area (Å²) in [5.74, 6) is -0.188. The van der Waals surface area contributed by atoms with Crippen molar-refractivity contribution in [1.82, 2.24) is 25.1 Å². The van der Waals surface area contributed by atoms with Crippen molar-refractivity contribution in [1.29, 1.82) is 0 Å². The van der Waals surface area contributed by atoms with Gasteiger partial charge in [-0.05, 0) is 26.3 Å². The molecule has 0 atom stereocenters. The number of carbonyl (C=O) groups excluding carboxylic acids is 2. The van der Waals surface area contributed by atoms with Crippen molar-refractivity contribution >= 4 is 11.8 Å². The second-order valence-corrected chi connectivity index (χ2v) is 7.10. The fourth-order valence-corrected chi connectivity index (χ4v) is 3.01. The van der Waals surface area contributed by atoms with Crippen LogP contribution in [0.5, 0.6) is 0 Å². The number of rotatable bonds is 11. The zero-order valence-corrected chi connectivity index (χ0v) is 17.2. The summed E-state index contributed by atoms with van der Waals surface area (Å²) in [6, 6.07) is 0. The van der Waals surface area contributed by atoms with Crippen molar-refractivity contribution in [2.45, 2.75) is 39.5 Å². The van der Waals surface area contributed by atoms with Gasteiger partial charge in [0.1, 0.15) is 5.69 Å². The number of hydrogen-bond donors (Lipinski definition) is 1. The van der Waals surface area contributed by atoms with Crippen LogP contribution < -0.4 is 5.32 Å². The molecular weight excluding hydrogens is 358 g/mol. The van der Waals surface area contributed by atoms with Gasteiger partial charge < -0.3 is 15.0 Å². The van der Waals surface area contributed by atoms with E-state index in [-0.39, 0.29) is 11.8 Å². The molecule has 1 saturated heterocycles. The summed E-state index contributed by atoms with van der Waals surface area (Å²) in [5, 5.41) is 2.96. The number of unbranched alkanes of at least 4 members (excludes halogenated alkanes) is 1. The third-order valence-corrected chi connectivity index (χ3v) is 4.75. The molecule has 0 saturated carbocycles. The van der Waals surface area contributed by atoms with Crippen LogP contribution in [-0.4, -0.2) is 84.1 Å². The van der Waals surface area contributed by atoms with Crippen LogP contribution in [0.4, 0.5) is 0 Å². The highest BCUT2D eigenvalue weighted by atomic mass is 16.5. The third kappa shape index (κ3) is 7.90. The van der Waals surface area contributed by atoms with Crippen LogP contribution in [0.1, 0.15) is 48.8 Å². The molecule has 0 aromatic carbocycles. The van der Waals surface area contributed by atoms with E-state index in [0.29, 0.717) is 31.7 Å². The Bertz CT molecular complexity index is 602. The first-order chi connectivity index (χ1) is 13.6. The molecule has 2 rings (SSSR count). The summed E-state index contributed by atoms with van der Waals surface area (Å²) in [6.07, 6.45) is 6.19. The topological polar surface area (TPSA) is 87.7 Å². The summed E-state index contributed by atoms with van der Waals surface area (Å²) >= 11 is 0. The molecule has 1 N–H and O–H groups in total. The number of aryl methyl sites for hydroxylation is 1. The fraction of sp³-hybridized carbons (Fsp3) is 0.700. The lowest BCUT2D eigenvalue weighted by molar-refractivity contribution is -0.121. The minimum Gasteiger partial charge on any atom is -0.379 e. The van der Waals surface area contributed by atoms with Gasteiger partial charge in [0.25, 0.3) is 5.91 Å². The van der Waals surface area contributed by atoms with Crippen molar-refractivity contribution in [3.63, 3.8) is 0 Å². The Morgan fingerprint density at radius 3 is 2.64 bits per heavy atom. The molecule has 1 fully saturated rings. The van der Waals surface area contributed by atoms with Crippen LogP contribution in [0.3, 0.4) is 0 Å². The van der Waals surface area contributed by atoms with E-state index in [1.807, 2.05) is 6.92 Å². The first kappa shape index (κ1) is 22.2. The molecule has 8 heteroatoms. The Morgan fingerprint density at radius 1 is 1.18 bits per heavy atom. The molecule has 1 aliphatic rings. The van der Waals surface area contributed by atoms with Crippen molar-refractivity contribution in [2.24, 2.45) is 0 Å². The SMILES string of the molecule is CCCCN(CCC(=O)NCCCN1CCOCC1)C(=O)c1cnc(C)cn1. The maximum absolute atomic E-state index is 12.7. The molecule has 1 aromatic rings. The summed E-state index contributed by atoms with van der Waals surface area (Å²) in [6.45, 7) is 10.1. The number of ether oxygens (including phenoxy) is 1. The second kappa shape index (κ2) is 12.4. The van der Waals surface area contributed by atoms with E-state index in [1.165, 1.54) is 6.20 Å². The molecule has 0 radical (unpaired) electrons. The molecule has 2 heterocycles. The van der Waals surface area contributed by atoms with E-state index in [2.05, 4.69) is 27.1 Å². The van der Waals surface area contributed by atoms with Crippen LogP contribution >= 0.6 is 0 Å². The van der Waals surface area contributed by atoms with Crippen molar-refractivity contribution in [3.05, 3.63) is 23.8 Å². The first-order valence-electron chi connectivity index (χ1n) is 10.2. The highest BCUT2D eigenvalue weighted by molar-refractivity contribution is 5.92. The largest absolute Gasteiger partial charge is 0.379 e. The van der Waals surface area contributed by atoms with Gasteiger partial charge >= 0.3 is 0 Å². The Hall–Kier alpha value is -2.06. The zero-order chi connectivity index (χ0) is 20.2. The first-order valence-corrected chi connectivity index (χ1v) is 10.2. The van der Waals surface area contributed by atoms with Gasteiger partial charge in [-0.2, -0.15) is 0 Å². The van der Waals surface area contributed by atoms with Gasteiger partial charge in [0.05, 0.1) is 25.1 Å². The quantitative estimate of drug-likeness (QED) is 0.572. The molecule has 1 aromatic heterocycles. The normalized spacial score (nSPS) is 14.6. The van der Waals surface area contributed by atoms with E-state index < -0.39 is 0 Å². The predicted molar refractivity (Wildman–Crippen MR) is 107 cm³/mol. The van der Waals surface area contributed by atoms with Crippen LogP contribution in [-0.2, 0) is 9.53 Å². The van der Waals surface area contributed by atoms with E-state index in [9.17, 15) is 9.59 Å². The van der Waals surface area contributed by atoms with Crippen LogP contribution in [0.15, 0.2) is 12.4 Å². The Balaban J connectivity index is 1.72. The Kier molecular flexibility index (Phi) is 9.85. The molecule has 8 nitrogen and oxygen atoms in total.